The van der Waals surface area contributed by atoms with Crippen molar-refractivity contribution in [2.45, 2.75) is 5.16 Å². The van der Waals surface area contributed by atoms with Gasteiger partial charge in [0.1, 0.15) is 10.5 Å². The van der Waals surface area contributed by atoms with Gasteiger partial charge in [0.05, 0.1) is 17.0 Å². The Morgan fingerprint density at radius 2 is 2.03 bits per heavy atom. The Bertz CT molecular complexity index is 1310. The van der Waals surface area contributed by atoms with Gasteiger partial charge in [-0.2, -0.15) is 0 Å². The van der Waals surface area contributed by atoms with Crippen molar-refractivity contribution in [2.24, 2.45) is 7.05 Å². The van der Waals surface area contributed by atoms with Crippen LogP contribution in [-0.2, 0) is 11.8 Å². The maximum atomic E-state index is 13.9. The van der Waals surface area contributed by atoms with Crippen LogP contribution in [0.1, 0.15) is 0 Å². The van der Waals surface area contributed by atoms with E-state index in [1.807, 2.05) is 35.7 Å². The zero-order chi connectivity index (χ0) is 21.3. The summed E-state index contributed by atoms with van der Waals surface area (Å²) in [6.07, 6.45) is 0. The Morgan fingerprint density at radius 1 is 1.27 bits per heavy atom. The third-order valence-corrected chi connectivity index (χ3v) is 6.60. The summed E-state index contributed by atoms with van der Waals surface area (Å²) in [5, 5.41) is 5.08. The van der Waals surface area contributed by atoms with Crippen molar-refractivity contribution in [1.82, 2.24) is 9.55 Å². The number of halogens is 2. The van der Waals surface area contributed by atoms with Gasteiger partial charge in [0, 0.05) is 23.0 Å². The molecule has 0 saturated heterocycles. The van der Waals surface area contributed by atoms with Crippen LogP contribution in [0.4, 0.5) is 10.1 Å². The second-order valence-electron chi connectivity index (χ2n) is 6.41. The van der Waals surface area contributed by atoms with E-state index in [2.05, 4.69) is 10.3 Å². The van der Waals surface area contributed by atoms with E-state index in [9.17, 15) is 14.0 Å². The third kappa shape index (κ3) is 4.12. The molecule has 0 fully saturated rings. The number of nitrogens with zero attached hydrogens (tertiary/aromatic N) is 2. The van der Waals surface area contributed by atoms with E-state index in [0.29, 0.717) is 15.4 Å². The summed E-state index contributed by atoms with van der Waals surface area (Å²) in [4.78, 5) is 29.7. The Kier molecular flexibility index (Phi) is 5.90. The molecule has 0 unspecified atom stereocenters. The van der Waals surface area contributed by atoms with Crippen LogP contribution < -0.4 is 10.9 Å². The summed E-state index contributed by atoms with van der Waals surface area (Å²) in [5.74, 6) is -1.05. The van der Waals surface area contributed by atoms with Gasteiger partial charge in [0.15, 0.2) is 5.16 Å². The molecule has 0 aliphatic carbocycles. The molecule has 2 aromatic heterocycles. The van der Waals surface area contributed by atoms with Gasteiger partial charge >= 0.3 is 0 Å². The van der Waals surface area contributed by atoms with E-state index in [4.69, 9.17) is 11.6 Å². The van der Waals surface area contributed by atoms with Crippen LogP contribution in [-0.4, -0.2) is 21.2 Å². The highest BCUT2D eigenvalue weighted by atomic mass is 35.5. The highest BCUT2D eigenvalue weighted by Gasteiger charge is 2.16. The number of thioether (sulfide) groups is 1. The molecular formula is C21H15ClFN3O2S2. The molecule has 0 saturated carbocycles. The number of fused-ring (bicyclic) bond motifs is 1. The summed E-state index contributed by atoms with van der Waals surface area (Å²) in [6, 6.07) is 13.7. The zero-order valence-corrected chi connectivity index (χ0v) is 18.1. The SMILES string of the molecule is Cn1c(SCC(=O)Nc2ccc(Cl)cc2F)nc2c(-c3ccccc3)csc2c1=O. The van der Waals surface area contributed by atoms with Gasteiger partial charge in [0.25, 0.3) is 5.56 Å². The van der Waals surface area contributed by atoms with Gasteiger partial charge < -0.3 is 5.32 Å². The molecule has 2 aromatic carbocycles. The second kappa shape index (κ2) is 8.59. The monoisotopic (exact) mass is 459 g/mol. The van der Waals surface area contributed by atoms with Crippen LogP contribution >= 0.6 is 34.7 Å². The lowest BCUT2D eigenvalue weighted by atomic mass is 10.1. The standard InChI is InChI=1S/C21H15ClFN3O2S2/c1-26-20(28)19-18(14(10-29-19)12-5-3-2-4-6-12)25-21(26)30-11-17(27)24-16-8-7-13(22)9-15(16)23/h2-10H,11H2,1H3,(H,24,27). The first-order valence-electron chi connectivity index (χ1n) is 8.85. The minimum Gasteiger partial charge on any atom is -0.323 e. The molecule has 0 aliphatic rings. The fourth-order valence-corrected chi connectivity index (χ4v) is 4.80. The normalized spacial score (nSPS) is 11.0. The van der Waals surface area contributed by atoms with Crippen molar-refractivity contribution >= 4 is 56.5 Å². The summed E-state index contributed by atoms with van der Waals surface area (Å²) in [6.45, 7) is 0. The number of amides is 1. The molecule has 1 amide bonds. The lowest BCUT2D eigenvalue weighted by Gasteiger charge is -2.09. The largest absolute Gasteiger partial charge is 0.323 e. The number of carbonyl (C=O) groups excluding carboxylic acids is 1. The Morgan fingerprint density at radius 3 is 2.77 bits per heavy atom. The van der Waals surface area contributed by atoms with Crippen LogP contribution in [0.15, 0.2) is 63.9 Å². The number of anilines is 1. The predicted octanol–water partition coefficient (Wildman–Crippen LogP) is 5.19. The average molecular weight is 460 g/mol. The number of rotatable bonds is 5. The van der Waals surface area contributed by atoms with Gasteiger partial charge in [-0.05, 0) is 23.8 Å². The van der Waals surface area contributed by atoms with Crippen molar-refractivity contribution in [2.75, 3.05) is 11.1 Å². The van der Waals surface area contributed by atoms with Gasteiger partial charge in [-0.25, -0.2) is 9.37 Å². The van der Waals surface area contributed by atoms with Gasteiger partial charge in [-0.3, -0.25) is 14.2 Å². The van der Waals surface area contributed by atoms with Crippen LogP contribution in [0.5, 0.6) is 0 Å². The van der Waals surface area contributed by atoms with E-state index in [1.165, 1.54) is 28.0 Å². The van der Waals surface area contributed by atoms with Crippen molar-refractivity contribution in [3.63, 3.8) is 0 Å². The minimum atomic E-state index is -0.612. The van der Waals surface area contributed by atoms with E-state index in [1.54, 1.807) is 7.05 Å². The smallest absolute Gasteiger partial charge is 0.271 e. The first kappa shape index (κ1) is 20.6. The Balaban J connectivity index is 1.59. The number of aromatic nitrogens is 2. The number of hydrogen-bond acceptors (Lipinski definition) is 5. The van der Waals surface area contributed by atoms with E-state index < -0.39 is 11.7 Å². The molecule has 9 heteroatoms. The summed E-state index contributed by atoms with van der Waals surface area (Å²) < 4.78 is 15.9. The van der Waals surface area contributed by atoms with Crippen LogP contribution in [0.25, 0.3) is 21.3 Å². The first-order chi connectivity index (χ1) is 14.4. The summed E-state index contributed by atoms with van der Waals surface area (Å²) >= 11 is 8.19. The maximum absolute atomic E-state index is 13.9. The molecule has 2 heterocycles. The van der Waals surface area contributed by atoms with Crippen molar-refractivity contribution in [1.29, 1.82) is 0 Å². The van der Waals surface area contributed by atoms with Crippen molar-refractivity contribution < 1.29 is 9.18 Å². The van der Waals surface area contributed by atoms with Crippen LogP contribution in [0.3, 0.4) is 0 Å². The lowest BCUT2D eigenvalue weighted by Crippen LogP contribution is -2.21. The Hall–Kier alpha value is -2.68. The molecule has 5 nitrogen and oxygen atoms in total. The third-order valence-electron chi connectivity index (χ3n) is 4.38. The first-order valence-corrected chi connectivity index (χ1v) is 11.1. The molecule has 0 bridgehead atoms. The quantitative estimate of drug-likeness (QED) is 0.329. The predicted molar refractivity (Wildman–Crippen MR) is 121 cm³/mol. The molecular weight excluding hydrogens is 445 g/mol. The number of benzene rings is 2. The van der Waals surface area contributed by atoms with Crippen LogP contribution in [0.2, 0.25) is 5.02 Å². The molecule has 0 spiro atoms. The number of nitrogens with one attached hydrogen (secondary N) is 1. The second-order valence-corrected chi connectivity index (χ2v) is 8.67. The number of carbonyl (C=O) groups is 1. The molecule has 0 atom stereocenters. The maximum Gasteiger partial charge on any atom is 0.271 e. The summed E-state index contributed by atoms with van der Waals surface area (Å²) in [5.41, 5.74) is 2.34. The molecule has 30 heavy (non-hydrogen) atoms. The molecule has 4 aromatic rings. The fraction of sp³-hybridized carbons (Fsp3) is 0.0952. The number of hydrogen-bond donors (Lipinski definition) is 1. The van der Waals surface area contributed by atoms with Crippen molar-refractivity contribution in [3.8, 4) is 11.1 Å². The minimum absolute atomic E-state index is 0.0291. The topological polar surface area (TPSA) is 64.0 Å². The average Bonchev–Trinajstić information content (AvgIpc) is 3.16. The summed E-state index contributed by atoms with van der Waals surface area (Å²) in [7, 11) is 1.62. The molecule has 1 N–H and O–H groups in total. The van der Waals surface area contributed by atoms with Crippen LogP contribution in [0, 0.1) is 5.82 Å². The highest BCUT2D eigenvalue weighted by Crippen LogP contribution is 2.32. The van der Waals surface area contributed by atoms with E-state index in [-0.39, 0.29) is 22.0 Å². The molecule has 4 rings (SSSR count). The highest BCUT2D eigenvalue weighted by molar-refractivity contribution is 7.99. The van der Waals surface area contributed by atoms with Crippen molar-refractivity contribution in [3.05, 3.63) is 75.1 Å². The van der Waals surface area contributed by atoms with E-state index >= 15 is 0 Å². The van der Waals surface area contributed by atoms with Gasteiger partial charge in [-0.15, -0.1) is 11.3 Å². The van der Waals surface area contributed by atoms with Gasteiger partial charge in [-0.1, -0.05) is 53.7 Å². The molecule has 0 radical (unpaired) electrons. The number of thiophene rings is 1. The Labute approximate surface area is 184 Å². The lowest BCUT2D eigenvalue weighted by molar-refractivity contribution is -0.113. The molecule has 0 aliphatic heterocycles. The zero-order valence-electron chi connectivity index (χ0n) is 15.7. The van der Waals surface area contributed by atoms with E-state index in [0.717, 1.165) is 29.0 Å². The van der Waals surface area contributed by atoms with Gasteiger partial charge in [0.2, 0.25) is 5.91 Å². The molecule has 152 valence electrons. The fourth-order valence-electron chi connectivity index (χ4n) is 2.88.